The highest BCUT2D eigenvalue weighted by atomic mass is 32.2. The van der Waals surface area contributed by atoms with Crippen LogP contribution < -0.4 is 4.90 Å². The van der Waals surface area contributed by atoms with E-state index in [9.17, 15) is 13.2 Å². The zero-order valence-corrected chi connectivity index (χ0v) is 19.5. The van der Waals surface area contributed by atoms with Crippen molar-refractivity contribution in [2.75, 3.05) is 37.3 Å². The predicted molar refractivity (Wildman–Crippen MR) is 121 cm³/mol. The van der Waals surface area contributed by atoms with Crippen LogP contribution in [0.5, 0.6) is 0 Å². The second-order valence-corrected chi connectivity index (χ2v) is 11.5. The summed E-state index contributed by atoms with van der Waals surface area (Å²) in [5, 5.41) is 0. The fourth-order valence-electron chi connectivity index (χ4n) is 4.93. The monoisotopic (exact) mass is 446 g/mol. The van der Waals surface area contributed by atoms with Gasteiger partial charge in [0.25, 0.3) is 0 Å². The summed E-state index contributed by atoms with van der Waals surface area (Å²) >= 11 is 0. The van der Waals surface area contributed by atoms with Crippen LogP contribution in [0.3, 0.4) is 0 Å². The largest absolute Gasteiger partial charge is 0.343 e. The van der Waals surface area contributed by atoms with Crippen LogP contribution in [0.25, 0.3) is 0 Å². The van der Waals surface area contributed by atoms with Gasteiger partial charge in [0, 0.05) is 44.8 Å². The Bertz CT molecular complexity index is 930. The Labute approximate surface area is 185 Å². The number of rotatable bonds is 5. The summed E-state index contributed by atoms with van der Waals surface area (Å²) in [5.41, 5.74) is 0.636. The number of anilines is 1. The molecule has 0 N–H and O–H groups in total. The number of sulfone groups is 1. The molecular weight excluding hydrogens is 412 g/mol. The van der Waals surface area contributed by atoms with Gasteiger partial charge in [0.1, 0.15) is 4.90 Å². The smallest absolute Gasteiger partial charge is 0.225 e. The lowest BCUT2D eigenvalue weighted by atomic mass is 9.92. The average Bonchev–Trinajstić information content (AvgIpc) is 3.26. The highest BCUT2D eigenvalue weighted by Crippen LogP contribution is 2.33. The van der Waals surface area contributed by atoms with E-state index in [0.29, 0.717) is 43.0 Å². The van der Waals surface area contributed by atoms with Crippen LogP contribution in [0.1, 0.15) is 63.5 Å². The molecule has 0 radical (unpaired) electrons. The predicted octanol–water partition coefficient (Wildman–Crippen LogP) is 3.18. The van der Waals surface area contributed by atoms with E-state index in [1.54, 1.807) is 0 Å². The van der Waals surface area contributed by atoms with Gasteiger partial charge < -0.3 is 9.80 Å². The van der Waals surface area contributed by atoms with E-state index in [4.69, 9.17) is 4.98 Å². The molecule has 0 aromatic carbocycles. The van der Waals surface area contributed by atoms with Gasteiger partial charge in [-0.1, -0.05) is 19.1 Å². The lowest BCUT2D eigenvalue weighted by Gasteiger charge is -2.34. The minimum Gasteiger partial charge on any atom is -0.343 e. The molecule has 0 saturated carbocycles. The minimum absolute atomic E-state index is 0.0330. The van der Waals surface area contributed by atoms with Crippen LogP contribution in [0.4, 0.5) is 5.95 Å². The summed E-state index contributed by atoms with van der Waals surface area (Å²) in [6.07, 6.45) is 13.4. The van der Waals surface area contributed by atoms with Gasteiger partial charge in [-0.25, -0.2) is 18.4 Å². The third-order valence-electron chi connectivity index (χ3n) is 7.02. The molecule has 1 amide bonds. The zero-order valence-electron chi connectivity index (χ0n) is 18.7. The molecule has 7 nitrogen and oxygen atoms in total. The van der Waals surface area contributed by atoms with Gasteiger partial charge in [-0.15, -0.1) is 0 Å². The van der Waals surface area contributed by atoms with Gasteiger partial charge in [-0.2, -0.15) is 0 Å². The first-order chi connectivity index (χ1) is 14.8. The van der Waals surface area contributed by atoms with Gasteiger partial charge in [0.2, 0.25) is 11.9 Å². The van der Waals surface area contributed by atoms with Crippen molar-refractivity contribution in [3.05, 3.63) is 24.0 Å². The van der Waals surface area contributed by atoms with E-state index in [2.05, 4.69) is 29.0 Å². The van der Waals surface area contributed by atoms with E-state index in [1.807, 2.05) is 4.90 Å². The Morgan fingerprint density at radius 1 is 1.10 bits per heavy atom. The maximum atomic E-state index is 12.7. The number of amides is 1. The Morgan fingerprint density at radius 3 is 2.42 bits per heavy atom. The van der Waals surface area contributed by atoms with Crippen molar-refractivity contribution in [2.24, 2.45) is 11.8 Å². The average molecular weight is 447 g/mol. The van der Waals surface area contributed by atoms with Crippen molar-refractivity contribution < 1.29 is 13.2 Å². The first-order valence-corrected chi connectivity index (χ1v) is 13.5. The highest BCUT2D eigenvalue weighted by Gasteiger charge is 2.31. The van der Waals surface area contributed by atoms with Gasteiger partial charge in [-0.3, -0.25) is 4.79 Å². The van der Waals surface area contributed by atoms with Crippen LogP contribution in [-0.4, -0.2) is 61.6 Å². The second-order valence-electron chi connectivity index (χ2n) is 9.49. The fourth-order valence-corrected chi connectivity index (χ4v) is 5.77. The van der Waals surface area contributed by atoms with Crippen LogP contribution in [0.2, 0.25) is 0 Å². The summed E-state index contributed by atoms with van der Waals surface area (Å²) in [7, 11) is -3.42. The van der Waals surface area contributed by atoms with Crippen molar-refractivity contribution in [3.63, 3.8) is 0 Å². The Hall–Kier alpha value is -1.96. The van der Waals surface area contributed by atoms with Gasteiger partial charge in [-0.05, 0) is 50.4 Å². The van der Waals surface area contributed by atoms with E-state index >= 15 is 0 Å². The molecule has 4 rings (SSSR count). The van der Waals surface area contributed by atoms with Crippen molar-refractivity contribution in [1.82, 2.24) is 14.9 Å². The van der Waals surface area contributed by atoms with Crippen LogP contribution in [-0.2, 0) is 14.6 Å². The Morgan fingerprint density at radius 2 is 1.81 bits per heavy atom. The Balaban J connectivity index is 1.48. The minimum atomic E-state index is -3.42. The van der Waals surface area contributed by atoms with Crippen molar-refractivity contribution >= 4 is 21.7 Å². The molecule has 170 valence electrons. The number of allylic oxidation sites excluding steroid dienone is 2. The normalized spacial score (nSPS) is 23.5. The van der Waals surface area contributed by atoms with Crippen LogP contribution >= 0.6 is 0 Å². The number of likely N-dealkylation sites (tertiary alicyclic amines) is 1. The number of aromatic nitrogens is 2. The Kier molecular flexibility index (Phi) is 6.65. The number of nitrogens with zero attached hydrogens (tertiary/aromatic N) is 4. The molecule has 0 unspecified atom stereocenters. The maximum Gasteiger partial charge on any atom is 0.225 e. The molecule has 0 bridgehead atoms. The molecule has 1 atom stereocenters. The third kappa shape index (κ3) is 5.27. The summed E-state index contributed by atoms with van der Waals surface area (Å²) in [5.74, 6) is 1.96. The molecular formula is C23H34N4O3S. The lowest BCUT2D eigenvalue weighted by Crippen LogP contribution is -2.39. The molecule has 31 heavy (non-hydrogen) atoms. The molecule has 3 heterocycles. The van der Waals surface area contributed by atoms with E-state index in [1.165, 1.54) is 12.5 Å². The SMILES string of the molecule is CC1CCN(c2ncc(S(C)(=O)=O)c(C3CCN(C(=O)C[C@@H]4C=CCC4)CC3)n2)CC1. The standard InChI is InChI=1S/C23H34N4O3S/c1-17-7-11-27(12-8-17)23-24-16-20(31(2,29)30)22(25-23)19-9-13-26(14-10-19)21(28)15-18-5-3-4-6-18/h3,5,16-19H,4,6-15H2,1-2H3/t18-/m1/s1. The molecule has 0 spiro atoms. The highest BCUT2D eigenvalue weighted by molar-refractivity contribution is 7.90. The van der Waals surface area contributed by atoms with E-state index in [0.717, 1.165) is 51.6 Å². The number of piperidine rings is 2. The first kappa shape index (κ1) is 22.2. The molecule has 2 fully saturated rings. The van der Waals surface area contributed by atoms with Crippen molar-refractivity contribution in [1.29, 1.82) is 0 Å². The number of carbonyl (C=O) groups is 1. The lowest BCUT2D eigenvalue weighted by molar-refractivity contribution is -0.132. The van der Waals surface area contributed by atoms with E-state index < -0.39 is 9.84 Å². The van der Waals surface area contributed by atoms with Crippen LogP contribution in [0.15, 0.2) is 23.2 Å². The quantitative estimate of drug-likeness (QED) is 0.646. The van der Waals surface area contributed by atoms with Gasteiger partial charge >= 0.3 is 0 Å². The van der Waals surface area contributed by atoms with Crippen molar-refractivity contribution in [2.45, 2.75) is 62.7 Å². The second kappa shape index (κ2) is 9.27. The molecule has 1 aliphatic carbocycles. The summed E-state index contributed by atoms with van der Waals surface area (Å²) < 4.78 is 24.9. The number of carbonyl (C=O) groups excluding carboxylic acids is 1. The number of hydrogen-bond acceptors (Lipinski definition) is 6. The fraction of sp³-hybridized carbons (Fsp3) is 0.696. The summed E-state index contributed by atoms with van der Waals surface area (Å²) in [6, 6.07) is 0. The zero-order chi connectivity index (χ0) is 22.0. The maximum absolute atomic E-state index is 12.7. The topological polar surface area (TPSA) is 83.5 Å². The summed E-state index contributed by atoms with van der Waals surface area (Å²) in [6.45, 7) is 5.38. The third-order valence-corrected chi connectivity index (χ3v) is 8.13. The molecule has 2 saturated heterocycles. The van der Waals surface area contributed by atoms with Gasteiger partial charge in [0.05, 0.1) is 11.9 Å². The first-order valence-electron chi connectivity index (χ1n) is 11.6. The van der Waals surface area contributed by atoms with Gasteiger partial charge in [0.15, 0.2) is 9.84 Å². The molecule has 8 heteroatoms. The molecule has 2 aliphatic heterocycles. The summed E-state index contributed by atoms with van der Waals surface area (Å²) in [4.78, 5) is 26.2. The number of hydrogen-bond donors (Lipinski definition) is 0. The molecule has 1 aromatic rings. The molecule has 1 aromatic heterocycles. The van der Waals surface area contributed by atoms with Crippen molar-refractivity contribution in [3.8, 4) is 0 Å². The van der Waals surface area contributed by atoms with Crippen LogP contribution in [0, 0.1) is 11.8 Å². The molecule has 3 aliphatic rings. The van der Waals surface area contributed by atoms with E-state index in [-0.39, 0.29) is 16.7 Å².